The highest BCUT2D eigenvalue weighted by Gasteiger charge is 2.27. The summed E-state index contributed by atoms with van der Waals surface area (Å²) in [6.07, 6.45) is 1.55. The highest BCUT2D eigenvalue weighted by atomic mass is 35.5. The molecule has 0 aliphatic rings. The van der Waals surface area contributed by atoms with Gasteiger partial charge in [-0.15, -0.1) is 0 Å². The molecule has 0 unspecified atom stereocenters. The van der Waals surface area contributed by atoms with E-state index in [1.165, 1.54) is 5.56 Å². The predicted molar refractivity (Wildman–Crippen MR) is 109 cm³/mol. The average Bonchev–Trinajstić information content (AvgIpc) is 2.58. The number of ether oxygens (including phenoxy) is 1. The highest BCUT2D eigenvalue weighted by Crippen LogP contribution is 2.27. The number of hydrogen-bond acceptors (Lipinski definition) is 2. The first-order valence-electron chi connectivity index (χ1n) is 8.97. The largest absolute Gasteiger partial charge is 0.493 e. The second-order valence-corrected chi connectivity index (χ2v) is 7.95. The van der Waals surface area contributed by atoms with Crippen LogP contribution in [0.15, 0.2) is 36.4 Å². The summed E-state index contributed by atoms with van der Waals surface area (Å²) in [7, 11) is 0. The number of benzene rings is 2. The molecule has 0 bridgehead atoms. The zero-order valence-electron chi connectivity index (χ0n) is 16.3. The number of aryl methyl sites for hydroxylation is 3. The smallest absolute Gasteiger partial charge is 0.230 e. The second-order valence-electron chi connectivity index (χ2n) is 7.52. The Balaban J connectivity index is 1.88. The summed E-state index contributed by atoms with van der Waals surface area (Å²) < 4.78 is 5.90. The van der Waals surface area contributed by atoms with Gasteiger partial charge in [-0.05, 0) is 68.5 Å². The Morgan fingerprint density at radius 3 is 2.50 bits per heavy atom. The minimum atomic E-state index is -0.486. The third-order valence-corrected chi connectivity index (χ3v) is 4.84. The van der Waals surface area contributed by atoms with E-state index in [-0.39, 0.29) is 5.91 Å². The Kier molecular flexibility index (Phi) is 6.71. The van der Waals surface area contributed by atoms with Gasteiger partial charge in [-0.25, -0.2) is 0 Å². The molecule has 140 valence electrons. The number of amides is 1. The van der Waals surface area contributed by atoms with Gasteiger partial charge in [0.1, 0.15) is 5.75 Å². The van der Waals surface area contributed by atoms with Gasteiger partial charge < -0.3 is 10.1 Å². The van der Waals surface area contributed by atoms with Gasteiger partial charge in [0.2, 0.25) is 5.91 Å². The van der Waals surface area contributed by atoms with Crippen molar-refractivity contribution in [1.29, 1.82) is 0 Å². The van der Waals surface area contributed by atoms with Gasteiger partial charge in [-0.3, -0.25) is 4.79 Å². The van der Waals surface area contributed by atoms with E-state index in [1.54, 1.807) is 6.07 Å². The van der Waals surface area contributed by atoms with Gasteiger partial charge in [0.15, 0.2) is 0 Å². The quantitative estimate of drug-likeness (QED) is 0.596. The molecule has 0 spiro atoms. The van der Waals surface area contributed by atoms with E-state index >= 15 is 0 Å². The summed E-state index contributed by atoms with van der Waals surface area (Å²) in [5.74, 6) is 0.913. The fourth-order valence-electron chi connectivity index (χ4n) is 2.69. The van der Waals surface area contributed by atoms with Gasteiger partial charge in [0.25, 0.3) is 0 Å². The number of anilines is 1. The maximum atomic E-state index is 12.7. The van der Waals surface area contributed by atoms with Crippen LogP contribution in [0.2, 0.25) is 5.02 Å². The maximum Gasteiger partial charge on any atom is 0.230 e. The molecule has 2 rings (SSSR count). The van der Waals surface area contributed by atoms with Crippen LogP contribution in [0.3, 0.4) is 0 Å². The number of nitrogens with one attached hydrogen (secondary N) is 1. The monoisotopic (exact) mass is 373 g/mol. The average molecular weight is 374 g/mol. The zero-order chi connectivity index (χ0) is 19.3. The van der Waals surface area contributed by atoms with Crippen molar-refractivity contribution in [3.05, 3.63) is 58.1 Å². The third kappa shape index (κ3) is 5.50. The zero-order valence-corrected chi connectivity index (χ0v) is 17.0. The lowest BCUT2D eigenvalue weighted by atomic mass is 9.86. The first-order valence-corrected chi connectivity index (χ1v) is 9.34. The molecular weight excluding hydrogens is 346 g/mol. The first kappa shape index (κ1) is 20.3. The van der Waals surface area contributed by atoms with Crippen molar-refractivity contribution in [3.8, 4) is 5.75 Å². The minimum absolute atomic E-state index is 0.00500. The van der Waals surface area contributed by atoms with Crippen LogP contribution < -0.4 is 10.1 Å². The molecule has 0 fully saturated rings. The molecular formula is C22H28ClNO2. The molecule has 0 radical (unpaired) electrons. The van der Waals surface area contributed by atoms with E-state index in [0.717, 1.165) is 35.4 Å². The van der Waals surface area contributed by atoms with Crippen molar-refractivity contribution < 1.29 is 9.53 Å². The van der Waals surface area contributed by atoms with Gasteiger partial charge >= 0.3 is 0 Å². The third-order valence-electron chi connectivity index (χ3n) is 4.61. The molecule has 0 atom stereocenters. The van der Waals surface area contributed by atoms with Crippen LogP contribution in [0.1, 0.15) is 43.4 Å². The van der Waals surface area contributed by atoms with Crippen LogP contribution in [-0.2, 0) is 4.79 Å². The Labute approximate surface area is 161 Å². The molecule has 2 aromatic rings. The number of halogens is 1. The molecule has 3 nitrogen and oxygen atoms in total. The molecule has 4 heteroatoms. The topological polar surface area (TPSA) is 38.3 Å². The summed E-state index contributed by atoms with van der Waals surface area (Å²) in [5, 5.41) is 3.62. The molecule has 0 aromatic heterocycles. The Morgan fingerprint density at radius 1 is 1.08 bits per heavy atom. The molecule has 0 heterocycles. The summed E-state index contributed by atoms with van der Waals surface area (Å²) >= 11 is 6.03. The van der Waals surface area contributed by atoms with Gasteiger partial charge in [-0.2, -0.15) is 0 Å². The molecule has 1 N–H and O–H groups in total. The SMILES string of the molecule is Cc1ccc(C)c(OCCCC(C)(C)C(=O)Nc2cc(Cl)ccc2C)c1. The summed E-state index contributed by atoms with van der Waals surface area (Å²) in [4.78, 5) is 12.7. The lowest BCUT2D eigenvalue weighted by molar-refractivity contribution is -0.124. The molecule has 2 aromatic carbocycles. The molecule has 0 saturated heterocycles. The van der Waals surface area contributed by atoms with Crippen molar-refractivity contribution in [2.75, 3.05) is 11.9 Å². The van der Waals surface area contributed by atoms with Crippen molar-refractivity contribution in [3.63, 3.8) is 0 Å². The van der Waals surface area contributed by atoms with Crippen LogP contribution in [0.5, 0.6) is 5.75 Å². The van der Waals surface area contributed by atoms with Crippen molar-refractivity contribution in [1.82, 2.24) is 0 Å². The standard InChI is InChI=1S/C22H28ClNO2/c1-15-7-8-17(3)20(13-15)26-12-6-11-22(4,5)21(25)24-19-14-18(23)10-9-16(19)2/h7-10,13-14H,6,11-12H2,1-5H3,(H,24,25). The molecule has 0 aliphatic heterocycles. The first-order chi connectivity index (χ1) is 12.2. The van der Waals surface area contributed by atoms with E-state index in [0.29, 0.717) is 11.6 Å². The van der Waals surface area contributed by atoms with Gasteiger partial charge in [0, 0.05) is 16.1 Å². The number of rotatable bonds is 7. The molecule has 0 aliphatic carbocycles. The van der Waals surface area contributed by atoms with E-state index in [2.05, 4.69) is 30.4 Å². The Bertz CT molecular complexity index is 784. The molecule has 0 saturated carbocycles. The van der Waals surface area contributed by atoms with Crippen LogP contribution in [0, 0.1) is 26.2 Å². The molecule has 1 amide bonds. The predicted octanol–water partition coefficient (Wildman–Crippen LogP) is 6.09. The lowest BCUT2D eigenvalue weighted by Crippen LogP contribution is -2.31. The number of carbonyl (C=O) groups excluding carboxylic acids is 1. The second kappa shape index (κ2) is 8.59. The van der Waals surface area contributed by atoms with Crippen LogP contribution in [0.4, 0.5) is 5.69 Å². The highest BCUT2D eigenvalue weighted by molar-refractivity contribution is 6.31. The Morgan fingerprint density at radius 2 is 1.77 bits per heavy atom. The summed E-state index contributed by atoms with van der Waals surface area (Å²) in [6, 6.07) is 11.7. The normalized spacial score (nSPS) is 11.3. The van der Waals surface area contributed by atoms with Crippen LogP contribution in [-0.4, -0.2) is 12.5 Å². The van der Waals surface area contributed by atoms with Gasteiger partial charge in [-0.1, -0.05) is 43.6 Å². The van der Waals surface area contributed by atoms with E-state index in [9.17, 15) is 4.79 Å². The fourth-order valence-corrected chi connectivity index (χ4v) is 2.87. The van der Waals surface area contributed by atoms with Crippen LogP contribution >= 0.6 is 11.6 Å². The van der Waals surface area contributed by atoms with E-state index in [4.69, 9.17) is 16.3 Å². The van der Waals surface area contributed by atoms with Gasteiger partial charge in [0.05, 0.1) is 6.61 Å². The van der Waals surface area contributed by atoms with Crippen LogP contribution in [0.25, 0.3) is 0 Å². The van der Waals surface area contributed by atoms with Crippen molar-refractivity contribution in [2.45, 2.75) is 47.5 Å². The molecule has 26 heavy (non-hydrogen) atoms. The van der Waals surface area contributed by atoms with Crippen molar-refractivity contribution >= 4 is 23.2 Å². The number of hydrogen-bond donors (Lipinski definition) is 1. The Hall–Kier alpha value is -2.00. The fraction of sp³-hybridized carbons (Fsp3) is 0.409. The summed E-state index contributed by atoms with van der Waals surface area (Å²) in [5.41, 5.74) is 3.59. The van der Waals surface area contributed by atoms with E-state index < -0.39 is 5.41 Å². The lowest BCUT2D eigenvalue weighted by Gasteiger charge is -2.24. The number of carbonyl (C=O) groups is 1. The van der Waals surface area contributed by atoms with Crippen molar-refractivity contribution in [2.24, 2.45) is 5.41 Å². The maximum absolute atomic E-state index is 12.7. The minimum Gasteiger partial charge on any atom is -0.493 e. The van der Waals surface area contributed by atoms with E-state index in [1.807, 2.05) is 39.8 Å². The summed E-state index contributed by atoms with van der Waals surface area (Å²) in [6.45, 7) is 10.6.